The van der Waals surface area contributed by atoms with Crippen molar-refractivity contribution in [1.29, 1.82) is 0 Å². The minimum Gasteiger partial charge on any atom is -0.348 e. The van der Waals surface area contributed by atoms with Crippen molar-refractivity contribution in [3.05, 3.63) is 0 Å². The van der Waals surface area contributed by atoms with Gasteiger partial charge >= 0.3 is 24.2 Å². The minimum absolute atomic E-state index is 0.00231. The van der Waals surface area contributed by atoms with E-state index < -0.39 is 24.2 Å². The van der Waals surface area contributed by atoms with Gasteiger partial charge in [0.05, 0.1) is 0 Å². The molecule has 0 bridgehead atoms. The third-order valence-electron chi connectivity index (χ3n) is 7.84. The number of unbranched alkanes of at least 4 members (excludes halogenated alkanes) is 15. The van der Waals surface area contributed by atoms with Crippen molar-refractivity contribution in [1.82, 2.24) is 16.0 Å². The maximum atomic E-state index is 12.3. The highest BCUT2D eigenvalue weighted by Gasteiger charge is 2.38. The van der Waals surface area contributed by atoms with Crippen molar-refractivity contribution in [2.24, 2.45) is 5.92 Å². The SMILES string of the molecule is CCCCCCCCCCCCCNCCCCC(CCCCCCNC(=O)C(F)(F)F)CCCCNC(=O)C(F)(F)F. The Labute approximate surface area is 256 Å². The van der Waals surface area contributed by atoms with E-state index in [2.05, 4.69) is 12.2 Å². The number of nitrogens with one attached hydrogen (secondary N) is 3. The summed E-state index contributed by atoms with van der Waals surface area (Å²) in [6, 6.07) is 0. The van der Waals surface area contributed by atoms with E-state index in [1.807, 2.05) is 10.6 Å². The van der Waals surface area contributed by atoms with Crippen LogP contribution in [-0.2, 0) is 9.59 Å². The van der Waals surface area contributed by atoms with Crippen molar-refractivity contribution in [3.8, 4) is 0 Å². The first-order valence-electron chi connectivity index (χ1n) is 16.9. The smallest absolute Gasteiger partial charge is 0.348 e. The number of hydrogen-bond donors (Lipinski definition) is 3. The molecular weight excluding hydrogens is 572 g/mol. The molecule has 0 aromatic heterocycles. The fourth-order valence-electron chi connectivity index (χ4n) is 5.23. The average Bonchev–Trinajstić information content (AvgIpc) is 2.94. The molecule has 1 unspecified atom stereocenters. The Morgan fingerprint density at radius 3 is 1.19 bits per heavy atom. The van der Waals surface area contributed by atoms with Gasteiger partial charge in [0.25, 0.3) is 0 Å². The van der Waals surface area contributed by atoms with Crippen LogP contribution in [0.5, 0.6) is 0 Å². The molecule has 0 aliphatic heterocycles. The molecule has 0 aliphatic rings. The number of halogens is 6. The van der Waals surface area contributed by atoms with Gasteiger partial charge in [0.2, 0.25) is 0 Å². The largest absolute Gasteiger partial charge is 0.471 e. The van der Waals surface area contributed by atoms with E-state index in [1.54, 1.807) is 0 Å². The molecule has 0 fully saturated rings. The third kappa shape index (κ3) is 27.7. The number of carbonyl (C=O) groups is 2. The van der Waals surface area contributed by atoms with Gasteiger partial charge in [0.1, 0.15) is 0 Å². The molecule has 2 amide bonds. The van der Waals surface area contributed by atoms with Crippen molar-refractivity contribution >= 4 is 11.8 Å². The predicted molar refractivity (Wildman–Crippen MR) is 162 cm³/mol. The minimum atomic E-state index is -4.86. The standard InChI is InChI=1S/C32H59F6N3O2/c1-2-3-4-5-6-7-8-9-10-12-17-24-39-25-19-15-22-28(23-16-20-27-41-30(43)32(36,37)38)21-14-11-13-18-26-40-29(42)31(33,34)35/h28,39H,2-27H2,1H3,(H,40,42)(H,41,43). The van der Waals surface area contributed by atoms with Gasteiger partial charge in [-0.15, -0.1) is 0 Å². The molecular formula is C32H59F6N3O2. The van der Waals surface area contributed by atoms with Crippen molar-refractivity contribution in [3.63, 3.8) is 0 Å². The second kappa shape index (κ2) is 26.8. The highest BCUT2D eigenvalue weighted by atomic mass is 19.4. The van der Waals surface area contributed by atoms with Crippen LogP contribution in [0.25, 0.3) is 0 Å². The van der Waals surface area contributed by atoms with Crippen LogP contribution in [0.3, 0.4) is 0 Å². The lowest BCUT2D eigenvalue weighted by molar-refractivity contribution is -0.173. The molecule has 0 rings (SSSR count). The van der Waals surface area contributed by atoms with Gasteiger partial charge in [-0.3, -0.25) is 9.59 Å². The first-order valence-corrected chi connectivity index (χ1v) is 16.9. The fourth-order valence-corrected chi connectivity index (χ4v) is 5.23. The van der Waals surface area contributed by atoms with Gasteiger partial charge in [-0.1, -0.05) is 122 Å². The summed E-state index contributed by atoms with van der Waals surface area (Å²) in [4.78, 5) is 21.8. The summed E-state index contributed by atoms with van der Waals surface area (Å²) in [6.45, 7) is 4.24. The molecule has 5 nitrogen and oxygen atoms in total. The predicted octanol–water partition coefficient (Wildman–Crippen LogP) is 9.15. The molecule has 0 aromatic carbocycles. The van der Waals surface area contributed by atoms with E-state index in [4.69, 9.17) is 0 Å². The van der Waals surface area contributed by atoms with Crippen LogP contribution in [-0.4, -0.2) is 50.3 Å². The van der Waals surface area contributed by atoms with Gasteiger partial charge in [0.15, 0.2) is 0 Å². The Kier molecular flexibility index (Phi) is 25.9. The zero-order valence-electron chi connectivity index (χ0n) is 26.5. The van der Waals surface area contributed by atoms with Crippen molar-refractivity contribution < 1.29 is 35.9 Å². The number of hydrogen-bond acceptors (Lipinski definition) is 3. The monoisotopic (exact) mass is 631 g/mol. The van der Waals surface area contributed by atoms with E-state index in [0.717, 1.165) is 70.9 Å². The summed E-state index contributed by atoms with van der Waals surface area (Å²) in [6.07, 6.45) is 14.0. The summed E-state index contributed by atoms with van der Waals surface area (Å²) >= 11 is 0. The van der Waals surface area contributed by atoms with Crippen molar-refractivity contribution in [2.45, 2.75) is 161 Å². The molecule has 0 radical (unpaired) electrons. The maximum absolute atomic E-state index is 12.3. The maximum Gasteiger partial charge on any atom is 0.471 e. The zero-order valence-corrected chi connectivity index (χ0v) is 26.5. The molecule has 0 aromatic rings. The molecule has 0 heterocycles. The molecule has 1 atom stereocenters. The normalized spacial score (nSPS) is 12.8. The molecule has 11 heteroatoms. The molecule has 0 saturated carbocycles. The Morgan fingerprint density at radius 2 is 0.767 bits per heavy atom. The van der Waals surface area contributed by atoms with Crippen LogP contribution in [0.1, 0.15) is 148 Å². The Balaban J connectivity index is 4.03. The summed E-state index contributed by atoms with van der Waals surface area (Å²) in [5.74, 6) is -3.39. The zero-order chi connectivity index (χ0) is 32.2. The first kappa shape index (κ1) is 41.5. The summed E-state index contributed by atoms with van der Waals surface area (Å²) in [5.41, 5.74) is 0. The second-order valence-corrected chi connectivity index (χ2v) is 11.9. The van der Waals surface area contributed by atoms with Gasteiger partial charge < -0.3 is 16.0 Å². The lowest BCUT2D eigenvalue weighted by Gasteiger charge is -2.17. The number of alkyl halides is 6. The Morgan fingerprint density at radius 1 is 0.465 bits per heavy atom. The van der Waals surface area contributed by atoms with E-state index in [1.165, 1.54) is 70.6 Å². The van der Waals surface area contributed by atoms with Crippen LogP contribution in [0.2, 0.25) is 0 Å². The van der Waals surface area contributed by atoms with Crippen LogP contribution in [0.4, 0.5) is 26.3 Å². The number of carbonyl (C=O) groups excluding carboxylic acids is 2. The molecule has 0 spiro atoms. The highest BCUT2D eigenvalue weighted by molar-refractivity contribution is 5.81. The second-order valence-electron chi connectivity index (χ2n) is 11.9. The van der Waals surface area contributed by atoms with Crippen LogP contribution in [0.15, 0.2) is 0 Å². The lowest BCUT2D eigenvalue weighted by atomic mass is 9.90. The first-order chi connectivity index (χ1) is 20.5. The Bertz CT molecular complexity index is 674. The third-order valence-corrected chi connectivity index (χ3v) is 7.84. The fraction of sp³-hybridized carbons (Fsp3) is 0.938. The lowest BCUT2D eigenvalue weighted by Crippen LogP contribution is -2.37. The topological polar surface area (TPSA) is 70.2 Å². The van der Waals surface area contributed by atoms with Crippen molar-refractivity contribution in [2.75, 3.05) is 26.2 Å². The van der Waals surface area contributed by atoms with E-state index in [-0.39, 0.29) is 13.1 Å². The summed E-state index contributed by atoms with van der Waals surface area (Å²) < 4.78 is 73.7. The van der Waals surface area contributed by atoms with Gasteiger partial charge in [-0.05, 0) is 44.7 Å². The molecule has 0 saturated heterocycles. The number of rotatable bonds is 29. The number of amides is 2. The molecule has 256 valence electrons. The summed E-state index contributed by atoms with van der Waals surface area (Å²) in [7, 11) is 0. The molecule has 0 aliphatic carbocycles. The van der Waals surface area contributed by atoms with Gasteiger partial charge in [-0.2, -0.15) is 26.3 Å². The molecule has 43 heavy (non-hydrogen) atoms. The highest BCUT2D eigenvalue weighted by Crippen LogP contribution is 2.23. The summed E-state index contributed by atoms with van der Waals surface area (Å²) in [5, 5.41) is 7.33. The van der Waals surface area contributed by atoms with Gasteiger partial charge in [-0.25, -0.2) is 0 Å². The average molecular weight is 632 g/mol. The van der Waals surface area contributed by atoms with E-state index in [0.29, 0.717) is 18.8 Å². The Hall–Kier alpha value is -1.52. The quantitative estimate of drug-likeness (QED) is 0.0570. The molecule has 3 N–H and O–H groups in total. The van der Waals surface area contributed by atoms with E-state index >= 15 is 0 Å². The van der Waals surface area contributed by atoms with Crippen LogP contribution in [0, 0.1) is 5.92 Å². The van der Waals surface area contributed by atoms with E-state index in [9.17, 15) is 35.9 Å². The van der Waals surface area contributed by atoms with Gasteiger partial charge in [0, 0.05) is 13.1 Å². The van der Waals surface area contributed by atoms with Crippen LogP contribution < -0.4 is 16.0 Å². The van der Waals surface area contributed by atoms with Crippen LogP contribution >= 0.6 is 0 Å².